The molecule has 0 spiro atoms. The van der Waals surface area contributed by atoms with Gasteiger partial charge >= 0.3 is 0 Å². The first-order valence-electron chi connectivity index (χ1n) is 5.88. The van der Waals surface area contributed by atoms with Crippen LogP contribution in [0.25, 0.3) is 0 Å². The zero-order valence-electron chi connectivity index (χ0n) is 10.7. The lowest BCUT2D eigenvalue weighted by Crippen LogP contribution is -2.49. The topological polar surface area (TPSA) is 30.5 Å². The molecule has 1 aliphatic rings. The van der Waals surface area contributed by atoms with Gasteiger partial charge in [-0.15, -0.1) is 0 Å². The summed E-state index contributed by atoms with van der Waals surface area (Å²) in [5.74, 6) is 0.565. The minimum Gasteiger partial charge on any atom is -0.373 e. The molecule has 2 atom stereocenters. The minimum absolute atomic E-state index is 0.0753. The van der Waals surface area contributed by atoms with Crippen LogP contribution in [-0.2, 0) is 9.47 Å². The maximum Gasteiger partial charge on any atom is 0.0937 e. The minimum atomic E-state index is -0.0753. The molecule has 1 N–H and O–H groups in total. The molecule has 0 aromatic rings. The zero-order valence-corrected chi connectivity index (χ0v) is 10.7. The van der Waals surface area contributed by atoms with Crippen molar-refractivity contribution < 1.29 is 9.47 Å². The van der Waals surface area contributed by atoms with Crippen molar-refractivity contribution in [2.24, 2.45) is 5.92 Å². The Hall–Kier alpha value is -0.120. The summed E-state index contributed by atoms with van der Waals surface area (Å²) in [5.41, 5.74) is -0.0753. The van der Waals surface area contributed by atoms with Crippen molar-refractivity contribution >= 4 is 0 Å². The van der Waals surface area contributed by atoms with Crippen LogP contribution in [0.1, 0.15) is 34.6 Å². The van der Waals surface area contributed by atoms with Crippen LogP contribution in [0.3, 0.4) is 0 Å². The van der Waals surface area contributed by atoms with Gasteiger partial charge in [-0.25, -0.2) is 0 Å². The number of ether oxygens (including phenoxy) is 2. The van der Waals surface area contributed by atoms with Gasteiger partial charge in [0, 0.05) is 13.1 Å². The molecule has 0 aliphatic carbocycles. The van der Waals surface area contributed by atoms with E-state index < -0.39 is 0 Å². The molecule has 0 aromatic heterocycles. The van der Waals surface area contributed by atoms with E-state index in [-0.39, 0.29) is 11.7 Å². The molecule has 0 bridgehead atoms. The van der Waals surface area contributed by atoms with Crippen LogP contribution >= 0.6 is 0 Å². The van der Waals surface area contributed by atoms with E-state index in [1.165, 1.54) is 0 Å². The first-order valence-corrected chi connectivity index (χ1v) is 5.88. The van der Waals surface area contributed by atoms with Gasteiger partial charge in [0.15, 0.2) is 0 Å². The van der Waals surface area contributed by atoms with Gasteiger partial charge in [0.2, 0.25) is 0 Å². The molecule has 1 heterocycles. The van der Waals surface area contributed by atoms with E-state index >= 15 is 0 Å². The Bertz CT molecular complexity index is 187. The summed E-state index contributed by atoms with van der Waals surface area (Å²) in [6.07, 6.45) is 0.526. The standard InChI is InChI=1S/C12H25NO2/c1-9(2)11-7-13-6-10(15-11)8-14-12(3,4)5/h9-11,13H,6-8H2,1-5H3. The van der Waals surface area contributed by atoms with Gasteiger partial charge < -0.3 is 14.8 Å². The van der Waals surface area contributed by atoms with Gasteiger partial charge in [-0.1, -0.05) is 13.8 Å². The predicted molar refractivity (Wildman–Crippen MR) is 62.1 cm³/mol. The molecule has 2 unspecified atom stereocenters. The van der Waals surface area contributed by atoms with Crippen molar-refractivity contribution in [3.8, 4) is 0 Å². The van der Waals surface area contributed by atoms with E-state index in [1.807, 2.05) is 0 Å². The summed E-state index contributed by atoms with van der Waals surface area (Å²) in [7, 11) is 0. The van der Waals surface area contributed by atoms with E-state index in [4.69, 9.17) is 9.47 Å². The molecular weight excluding hydrogens is 190 g/mol. The van der Waals surface area contributed by atoms with Crippen molar-refractivity contribution in [2.45, 2.75) is 52.4 Å². The van der Waals surface area contributed by atoms with Crippen LogP contribution in [0, 0.1) is 5.92 Å². The highest BCUT2D eigenvalue weighted by Gasteiger charge is 2.25. The second-order valence-electron chi connectivity index (χ2n) is 5.62. The van der Waals surface area contributed by atoms with Gasteiger partial charge in [-0.3, -0.25) is 0 Å². The molecule has 1 aliphatic heterocycles. The lowest BCUT2D eigenvalue weighted by Gasteiger charge is -2.34. The van der Waals surface area contributed by atoms with Crippen LogP contribution < -0.4 is 5.32 Å². The van der Waals surface area contributed by atoms with Crippen molar-refractivity contribution in [2.75, 3.05) is 19.7 Å². The predicted octanol–water partition coefficient (Wildman–Crippen LogP) is 1.81. The maximum atomic E-state index is 5.96. The van der Waals surface area contributed by atoms with Gasteiger partial charge in [0.05, 0.1) is 24.4 Å². The number of hydrogen-bond donors (Lipinski definition) is 1. The van der Waals surface area contributed by atoms with Crippen molar-refractivity contribution in [3.63, 3.8) is 0 Å². The summed E-state index contributed by atoms with van der Waals surface area (Å²) >= 11 is 0. The lowest BCUT2D eigenvalue weighted by atomic mass is 10.1. The first kappa shape index (κ1) is 12.9. The fourth-order valence-corrected chi connectivity index (χ4v) is 1.56. The van der Waals surface area contributed by atoms with Gasteiger partial charge in [0.1, 0.15) is 0 Å². The third kappa shape index (κ3) is 4.96. The highest BCUT2D eigenvalue weighted by atomic mass is 16.5. The van der Waals surface area contributed by atoms with E-state index in [0.29, 0.717) is 18.6 Å². The third-order valence-electron chi connectivity index (χ3n) is 2.53. The summed E-state index contributed by atoms with van der Waals surface area (Å²) in [5, 5.41) is 3.40. The van der Waals surface area contributed by atoms with Crippen LogP contribution in [-0.4, -0.2) is 37.5 Å². The SMILES string of the molecule is CC(C)C1CNCC(COC(C)(C)C)O1. The Labute approximate surface area is 93.5 Å². The largest absolute Gasteiger partial charge is 0.373 e. The molecule has 0 radical (unpaired) electrons. The lowest BCUT2D eigenvalue weighted by molar-refractivity contribution is -0.117. The number of hydrogen-bond acceptors (Lipinski definition) is 3. The summed E-state index contributed by atoms with van der Waals surface area (Å²) in [6.45, 7) is 13.1. The Kier molecular flexibility index (Phi) is 4.56. The van der Waals surface area contributed by atoms with Crippen LogP contribution in [0.2, 0.25) is 0 Å². The van der Waals surface area contributed by atoms with E-state index in [9.17, 15) is 0 Å². The summed E-state index contributed by atoms with van der Waals surface area (Å²) in [6, 6.07) is 0. The summed E-state index contributed by atoms with van der Waals surface area (Å²) < 4.78 is 11.7. The first-order chi connectivity index (χ1) is 6.88. The Morgan fingerprint density at radius 1 is 1.33 bits per heavy atom. The monoisotopic (exact) mass is 215 g/mol. The normalized spacial score (nSPS) is 28.4. The molecule has 1 fully saturated rings. The average molecular weight is 215 g/mol. The molecule has 3 heteroatoms. The molecular formula is C12H25NO2. The molecule has 0 saturated carbocycles. The number of nitrogens with one attached hydrogen (secondary N) is 1. The molecule has 0 amide bonds. The Morgan fingerprint density at radius 2 is 2.00 bits per heavy atom. The second-order valence-corrected chi connectivity index (χ2v) is 5.62. The molecule has 15 heavy (non-hydrogen) atoms. The fourth-order valence-electron chi connectivity index (χ4n) is 1.56. The van der Waals surface area contributed by atoms with Gasteiger partial charge in [-0.2, -0.15) is 0 Å². The zero-order chi connectivity index (χ0) is 11.5. The molecule has 1 saturated heterocycles. The van der Waals surface area contributed by atoms with Crippen LogP contribution in [0.5, 0.6) is 0 Å². The number of rotatable bonds is 3. The molecule has 0 aromatic carbocycles. The van der Waals surface area contributed by atoms with Crippen LogP contribution in [0.4, 0.5) is 0 Å². The smallest absolute Gasteiger partial charge is 0.0937 e. The van der Waals surface area contributed by atoms with Crippen molar-refractivity contribution in [1.29, 1.82) is 0 Å². The van der Waals surface area contributed by atoms with Crippen molar-refractivity contribution in [3.05, 3.63) is 0 Å². The highest BCUT2D eigenvalue weighted by Crippen LogP contribution is 2.14. The third-order valence-corrected chi connectivity index (χ3v) is 2.53. The second kappa shape index (κ2) is 5.28. The quantitative estimate of drug-likeness (QED) is 0.779. The van der Waals surface area contributed by atoms with E-state index in [2.05, 4.69) is 39.9 Å². The van der Waals surface area contributed by atoms with Gasteiger partial charge in [0.25, 0.3) is 0 Å². The van der Waals surface area contributed by atoms with Gasteiger partial charge in [-0.05, 0) is 26.7 Å². The Morgan fingerprint density at radius 3 is 2.53 bits per heavy atom. The van der Waals surface area contributed by atoms with E-state index in [1.54, 1.807) is 0 Å². The number of morpholine rings is 1. The molecule has 90 valence electrons. The molecule has 3 nitrogen and oxygen atoms in total. The maximum absolute atomic E-state index is 5.96. The summed E-state index contributed by atoms with van der Waals surface area (Å²) in [4.78, 5) is 0. The molecule has 1 rings (SSSR count). The van der Waals surface area contributed by atoms with Crippen molar-refractivity contribution in [1.82, 2.24) is 5.32 Å². The Balaban J connectivity index is 2.30. The average Bonchev–Trinajstić information content (AvgIpc) is 2.14. The van der Waals surface area contributed by atoms with E-state index in [0.717, 1.165) is 13.1 Å². The fraction of sp³-hybridized carbons (Fsp3) is 1.00. The van der Waals surface area contributed by atoms with Crippen LogP contribution in [0.15, 0.2) is 0 Å². The highest BCUT2D eigenvalue weighted by molar-refractivity contribution is 4.77.